The van der Waals surface area contributed by atoms with Crippen LogP contribution in [0.4, 0.5) is 0 Å². The van der Waals surface area contributed by atoms with Crippen LogP contribution in [0.1, 0.15) is 38.5 Å². The van der Waals surface area contributed by atoms with Crippen LogP contribution >= 0.6 is 0 Å². The van der Waals surface area contributed by atoms with E-state index in [-0.39, 0.29) is 18.2 Å². The fraction of sp³-hybridized carbons (Fsp3) is 0.923. The van der Waals surface area contributed by atoms with Crippen molar-refractivity contribution in [3.05, 3.63) is 0 Å². The largest absolute Gasteiger partial charge is 0.481 e. The van der Waals surface area contributed by atoms with Gasteiger partial charge in [-0.3, -0.25) is 4.79 Å². The van der Waals surface area contributed by atoms with Gasteiger partial charge in [0.2, 0.25) is 10.0 Å². The molecule has 0 aliphatic heterocycles. The fourth-order valence-electron chi connectivity index (χ4n) is 4.71. The van der Waals surface area contributed by atoms with E-state index in [9.17, 15) is 13.2 Å². The van der Waals surface area contributed by atoms with Crippen LogP contribution in [0.3, 0.4) is 0 Å². The lowest BCUT2D eigenvalue weighted by atomic mass is 9.79. The Balaban J connectivity index is 1.61. The first-order valence-electron chi connectivity index (χ1n) is 7.18. The van der Waals surface area contributed by atoms with Crippen LogP contribution < -0.4 is 4.72 Å². The molecule has 5 unspecified atom stereocenters. The van der Waals surface area contributed by atoms with E-state index in [1.54, 1.807) is 0 Å². The van der Waals surface area contributed by atoms with Crippen LogP contribution in [0.25, 0.3) is 0 Å². The highest BCUT2D eigenvalue weighted by molar-refractivity contribution is 7.89. The number of rotatable bonds is 5. The molecule has 5 atom stereocenters. The summed E-state index contributed by atoms with van der Waals surface area (Å²) in [6, 6.07) is 0.0585. The zero-order chi connectivity index (χ0) is 13.6. The minimum absolute atomic E-state index is 0.0585. The van der Waals surface area contributed by atoms with E-state index in [1.807, 2.05) is 0 Å². The molecular weight excluding hydrogens is 266 g/mol. The molecule has 0 saturated heterocycles. The van der Waals surface area contributed by atoms with Gasteiger partial charge in [0.1, 0.15) is 0 Å². The molecule has 19 heavy (non-hydrogen) atoms. The van der Waals surface area contributed by atoms with Crippen LogP contribution in [-0.2, 0) is 14.8 Å². The van der Waals surface area contributed by atoms with Crippen molar-refractivity contribution in [1.82, 2.24) is 4.72 Å². The molecule has 3 aliphatic rings. The first-order chi connectivity index (χ1) is 8.96. The van der Waals surface area contributed by atoms with Crippen molar-refractivity contribution in [2.45, 2.75) is 44.6 Å². The summed E-state index contributed by atoms with van der Waals surface area (Å²) in [6.45, 7) is 0. The first-order valence-corrected chi connectivity index (χ1v) is 8.83. The first kappa shape index (κ1) is 13.4. The second-order valence-electron chi connectivity index (χ2n) is 6.34. The fourth-order valence-corrected chi connectivity index (χ4v) is 6.01. The van der Waals surface area contributed by atoms with Crippen LogP contribution in [0.15, 0.2) is 0 Å². The van der Waals surface area contributed by atoms with E-state index in [0.717, 1.165) is 12.3 Å². The standard InChI is InChI=1S/C13H21NO4S/c15-13(16)4-5-19(17,18)14-12-7-8-6-11(12)10-3-1-2-9(8)10/h8-12,14H,1-7H2,(H,15,16). The molecule has 0 aromatic heterocycles. The zero-order valence-electron chi connectivity index (χ0n) is 10.9. The molecule has 0 radical (unpaired) electrons. The summed E-state index contributed by atoms with van der Waals surface area (Å²) in [5.74, 6) is 1.39. The lowest BCUT2D eigenvalue weighted by Gasteiger charge is -2.31. The smallest absolute Gasteiger partial charge is 0.304 e. The Labute approximate surface area is 113 Å². The number of fused-ring (bicyclic) bond motifs is 5. The van der Waals surface area contributed by atoms with Crippen molar-refractivity contribution in [3.63, 3.8) is 0 Å². The van der Waals surface area contributed by atoms with Gasteiger partial charge in [-0.05, 0) is 49.4 Å². The Morgan fingerprint density at radius 2 is 1.89 bits per heavy atom. The van der Waals surface area contributed by atoms with Crippen LogP contribution in [-0.4, -0.2) is 31.3 Å². The predicted octanol–water partition coefficient (Wildman–Crippen LogP) is 1.21. The highest BCUT2D eigenvalue weighted by Gasteiger charge is 2.54. The summed E-state index contributed by atoms with van der Waals surface area (Å²) in [7, 11) is -3.44. The van der Waals surface area contributed by atoms with E-state index < -0.39 is 16.0 Å². The third kappa shape index (κ3) is 2.52. The van der Waals surface area contributed by atoms with Gasteiger partial charge in [-0.15, -0.1) is 0 Å². The maximum atomic E-state index is 11.9. The average molecular weight is 287 g/mol. The molecule has 2 N–H and O–H groups in total. The molecule has 0 spiro atoms. The van der Waals surface area contributed by atoms with Crippen LogP contribution in [0.2, 0.25) is 0 Å². The van der Waals surface area contributed by atoms with E-state index in [0.29, 0.717) is 17.8 Å². The van der Waals surface area contributed by atoms with Gasteiger partial charge in [-0.1, -0.05) is 6.42 Å². The molecule has 0 aromatic carbocycles. The SMILES string of the molecule is O=C(O)CCS(=O)(=O)NC1CC2CC1C1CCCC21. The molecule has 2 bridgehead atoms. The Kier molecular flexibility index (Phi) is 3.33. The Hall–Kier alpha value is -0.620. The van der Waals surface area contributed by atoms with Gasteiger partial charge in [0.05, 0.1) is 12.2 Å². The monoisotopic (exact) mass is 287 g/mol. The molecule has 0 heterocycles. The van der Waals surface area contributed by atoms with Crippen LogP contribution in [0.5, 0.6) is 0 Å². The third-order valence-electron chi connectivity index (χ3n) is 5.34. The van der Waals surface area contributed by atoms with Gasteiger partial charge in [-0.2, -0.15) is 0 Å². The summed E-state index contributed by atoms with van der Waals surface area (Å²) in [5.41, 5.74) is 0. The van der Waals surface area contributed by atoms with Gasteiger partial charge in [-0.25, -0.2) is 13.1 Å². The molecule has 3 rings (SSSR count). The lowest BCUT2D eigenvalue weighted by molar-refractivity contribution is -0.136. The number of sulfonamides is 1. The van der Waals surface area contributed by atoms with E-state index in [4.69, 9.17) is 5.11 Å². The topological polar surface area (TPSA) is 83.5 Å². The molecule has 3 saturated carbocycles. The highest BCUT2D eigenvalue weighted by atomic mass is 32.2. The van der Waals surface area contributed by atoms with E-state index in [2.05, 4.69) is 4.72 Å². The Bertz CT molecular complexity index is 475. The summed E-state index contributed by atoms with van der Waals surface area (Å²) in [4.78, 5) is 10.5. The van der Waals surface area contributed by atoms with Crippen LogP contribution in [0, 0.1) is 23.7 Å². The quantitative estimate of drug-likeness (QED) is 0.796. The zero-order valence-corrected chi connectivity index (χ0v) is 11.7. The Morgan fingerprint density at radius 3 is 2.63 bits per heavy atom. The molecule has 5 nitrogen and oxygen atoms in total. The number of hydrogen-bond acceptors (Lipinski definition) is 3. The minimum atomic E-state index is -3.44. The van der Waals surface area contributed by atoms with Gasteiger partial charge in [0.15, 0.2) is 0 Å². The summed E-state index contributed by atoms with van der Waals surface area (Å²) >= 11 is 0. The maximum Gasteiger partial charge on any atom is 0.304 e. The number of aliphatic carboxylic acids is 1. The molecular formula is C13H21NO4S. The number of nitrogens with one attached hydrogen (secondary N) is 1. The van der Waals surface area contributed by atoms with Gasteiger partial charge < -0.3 is 5.11 Å². The minimum Gasteiger partial charge on any atom is -0.481 e. The highest BCUT2D eigenvalue weighted by Crippen LogP contribution is 2.58. The molecule has 6 heteroatoms. The summed E-state index contributed by atoms with van der Waals surface area (Å²) in [5, 5.41) is 8.57. The summed E-state index contributed by atoms with van der Waals surface area (Å²) in [6.07, 6.45) is 5.67. The second-order valence-corrected chi connectivity index (χ2v) is 8.21. The van der Waals surface area contributed by atoms with E-state index in [1.165, 1.54) is 25.7 Å². The molecule has 0 amide bonds. The van der Waals surface area contributed by atoms with Crippen molar-refractivity contribution >= 4 is 16.0 Å². The normalized spacial score (nSPS) is 40.5. The average Bonchev–Trinajstić information content (AvgIpc) is 2.96. The van der Waals surface area contributed by atoms with Gasteiger partial charge in [0, 0.05) is 6.04 Å². The van der Waals surface area contributed by atoms with Crippen molar-refractivity contribution in [2.75, 3.05) is 5.75 Å². The number of carboxylic acids is 1. The van der Waals surface area contributed by atoms with Gasteiger partial charge in [0.25, 0.3) is 0 Å². The molecule has 0 aromatic rings. The summed E-state index contributed by atoms with van der Waals surface area (Å²) < 4.78 is 26.5. The van der Waals surface area contributed by atoms with Crippen molar-refractivity contribution in [1.29, 1.82) is 0 Å². The molecule has 3 fully saturated rings. The van der Waals surface area contributed by atoms with Crippen molar-refractivity contribution in [3.8, 4) is 0 Å². The predicted molar refractivity (Wildman–Crippen MR) is 70.0 cm³/mol. The number of hydrogen-bond donors (Lipinski definition) is 2. The van der Waals surface area contributed by atoms with Crippen molar-refractivity contribution in [2.24, 2.45) is 23.7 Å². The maximum absolute atomic E-state index is 11.9. The molecule has 3 aliphatic carbocycles. The number of carboxylic acid groups (broad SMARTS) is 1. The lowest BCUT2D eigenvalue weighted by Crippen LogP contribution is -2.43. The second kappa shape index (κ2) is 4.74. The Morgan fingerprint density at radius 1 is 1.16 bits per heavy atom. The van der Waals surface area contributed by atoms with Crippen molar-refractivity contribution < 1.29 is 18.3 Å². The van der Waals surface area contributed by atoms with E-state index >= 15 is 0 Å². The molecule has 108 valence electrons. The third-order valence-corrected chi connectivity index (χ3v) is 6.75. The number of carbonyl (C=O) groups is 1. The van der Waals surface area contributed by atoms with Gasteiger partial charge >= 0.3 is 5.97 Å².